The third-order valence-electron chi connectivity index (χ3n) is 4.81. The smallest absolute Gasteiger partial charge is 0.265 e. The Morgan fingerprint density at radius 2 is 1.66 bits per heavy atom. The second kappa shape index (κ2) is 9.28. The molecule has 4 nitrogen and oxygen atoms in total. The standard InChI is InChI=1S/C25H27NO3/c1-17-14-18(2)19(3)24(15-17)29-20(4)25(27)26-22-10-12-23(13-11-22)28-16-21-8-6-5-7-9-21/h5-15,20H,16H2,1-4H3,(H,26,27)/t20-/m0/s1. The van der Waals surface area contributed by atoms with Gasteiger partial charge in [0.2, 0.25) is 0 Å². The number of hydrogen-bond donors (Lipinski definition) is 1. The number of amides is 1. The van der Waals surface area contributed by atoms with E-state index in [9.17, 15) is 4.79 Å². The van der Waals surface area contributed by atoms with Crippen molar-refractivity contribution in [2.75, 3.05) is 5.32 Å². The van der Waals surface area contributed by atoms with E-state index in [1.165, 1.54) is 0 Å². The maximum absolute atomic E-state index is 12.5. The quantitative estimate of drug-likeness (QED) is 0.572. The second-order valence-electron chi connectivity index (χ2n) is 7.25. The van der Waals surface area contributed by atoms with Gasteiger partial charge in [-0.3, -0.25) is 4.79 Å². The molecule has 0 saturated carbocycles. The lowest BCUT2D eigenvalue weighted by molar-refractivity contribution is -0.122. The molecule has 0 bridgehead atoms. The van der Waals surface area contributed by atoms with Crippen molar-refractivity contribution in [1.82, 2.24) is 0 Å². The summed E-state index contributed by atoms with van der Waals surface area (Å²) < 4.78 is 11.7. The van der Waals surface area contributed by atoms with Crippen LogP contribution in [0.2, 0.25) is 0 Å². The molecule has 150 valence electrons. The van der Waals surface area contributed by atoms with E-state index in [1.807, 2.05) is 81.4 Å². The SMILES string of the molecule is Cc1cc(C)c(C)c(O[C@@H](C)C(=O)Nc2ccc(OCc3ccccc3)cc2)c1. The van der Waals surface area contributed by atoms with E-state index in [1.54, 1.807) is 6.92 Å². The number of aryl methyl sites for hydroxylation is 2. The summed E-state index contributed by atoms with van der Waals surface area (Å²) in [5.41, 5.74) is 5.13. The van der Waals surface area contributed by atoms with Crippen molar-refractivity contribution in [3.63, 3.8) is 0 Å². The first-order valence-electron chi connectivity index (χ1n) is 9.74. The van der Waals surface area contributed by atoms with Gasteiger partial charge in [0.1, 0.15) is 18.1 Å². The van der Waals surface area contributed by atoms with Crippen LogP contribution in [0.3, 0.4) is 0 Å². The van der Waals surface area contributed by atoms with Gasteiger partial charge in [-0.2, -0.15) is 0 Å². The highest BCUT2D eigenvalue weighted by Gasteiger charge is 2.16. The number of nitrogens with one attached hydrogen (secondary N) is 1. The fourth-order valence-corrected chi connectivity index (χ4v) is 2.99. The van der Waals surface area contributed by atoms with Gasteiger partial charge in [0, 0.05) is 5.69 Å². The molecule has 0 heterocycles. The number of carbonyl (C=O) groups is 1. The molecule has 1 atom stereocenters. The highest BCUT2D eigenvalue weighted by Crippen LogP contribution is 2.25. The lowest BCUT2D eigenvalue weighted by Gasteiger charge is -2.18. The molecule has 4 heteroatoms. The first-order valence-corrected chi connectivity index (χ1v) is 9.74. The van der Waals surface area contributed by atoms with Gasteiger partial charge < -0.3 is 14.8 Å². The third kappa shape index (κ3) is 5.61. The van der Waals surface area contributed by atoms with E-state index in [4.69, 9.17) is 9.47 Å². The highest BCUT2D eigenvalue weighted by molar-refractivity contribution is 5.94. The van der Waals surface area contributed by atoms with Gasteiger partial charge in [0.25, 0.3) is 5.91 Å². The molecule has 3 aromatic rings. The van der Waals surface area contributed by atoms with Crippen LogP contribution in [0.25, 0.3) is 0 Å². The molecule has 3 rings (SSSR count). The monoisotopic (exact) mass is 389 g/mol. The lowest BCUT2D eigenvalue weighted by Crippen LogP contribution is -2.30. The van der Waals surface area contributed by atoms with Crippen LogP contribution in [0.15, 0.2) is 66.7 Å². The summed E-state index contributed by atoms with van der Waals surface area (Å²) in [5.74, 6) is 1.30. The average molecular weight is 389 g/mol. The average Bonchev–Trinajstić information content (AvgIpc) is 2.72. The van der Waals surface area contributed by atoms with Crippen LogP contribution in [0.1, 0.15) is 29.2 Å². The first-order chi connectivity index (χ1) is 13.9. The molecule has 1 N–H and O–H groups in total. The van der Waals surface area contributed by atoms with Gasteiger partial charge >= 0.3 is 0 Å². The minimum absolute atomic E-state index is 0.193. The summed E-state index contributed by atoms with van der Waals surface area (Å²) >= 11 is 0. The summed E-state index contributed by atoms with van der Waals surface area (Å²) in [6, 6.07) is 21.4. The zero-order valence-corrected chi connectivity index (χ0v) is 17.4. The van der Waals surface area contributed by atoms with Crippen LogP contribution in [0, 0.1) is 20.8 Å². The Balaban J connectivity index is 1.56. The van der Waals surface area contributed by atoms with Gasteiger partial charge in [-0.05, 0) is 80.3 Å². The Morgan fingerprint density at radius 3 is 2.34 bits per heavy atom. The van der Waals surface area contributed by atoms with Crippen LogP contribution in [-0.2, 0) is 11.4 Å². The molecule has 1 amide bonds. The molecule has 3 aromatic carbocycles. The Labute approximate surface area is 172 Å². The van der Waals surface area contributed by atoms with Gasteiger partial charge in [-0.15, -0.1) is 0 Å². The summed E-state index contributed by atoms with van der Waals surface area (Å²) in [4.78, 5) is 12.5. The van der Waals surface area contributed by atoms with Gasteiger partial charge in [0.05, 0.1) is 0 Å². The fourth-order valence-electron chi connectivity index (χ4n) is 2.99. The fraction of sp³-hybridized carbons (Fsp3) is 0.240. The first kappa shape index (κ1) is 20.5. The van der Waals surface area contributed by atoms with Gasteiger partial charge in [-0.1, -0.05) is 36.4 Å². The van der Waals surface area contributed by atoms with E-state index < -0.39 is 6.10 Å². The van der Waals surface area contributed by atoms with Crippen molar-refractivity contribution in [3.05, 3.63) is 89.0 Å². The van der Waals surface area contributed by atoms with E-state index in [2.05, 4.69) is 11.4 Å². The van der Waals surface area contributed by atoms with Gasteiger partial charge in [-0.25, -0.2) is 0 Å². The number of ether oxygens (including phenoxy) is 2. The summed E-state index contributed by atoms with van der Waals surface area (Å²) in [5, 5.41) is 2.89. The minimum Gasteiger partial charge on any atom is -0.489 e. The largest absolute Gasteiger partial charge is 0.489 e. The molecule has 0 spiro atoms. The van der Waals surface area contributed by atoms with Crippen molar-refractivity contribution in [2.45, 2.75) is 40.4 Å². The van der Waals surface area contributed by atoms with Crippen LogP contribution in [0.5, 0.6) is 11.5 Å². The van der Waals surface area contributed by atoms with Crippen LogP contribution in [-0.4, -0.2) is 12.0 Å². The van der Waals surface area contributed by atoms with E-state index in [0.29, 0.717) is 12.3 Å². The molecule has 0 aromatic heterocycles. The van der Waals surface area contributed by atoms with Crippen LogP contribution >= 0.6 is 0 Å². The molecule has 0 aliphatic heterocycles. The number of benzene rings is 3. The topological polar surface area (TPSA) is 47.6 Å². The summed E-state index contributed by atoms with van der Waals surface area (Å²) in [7, 11) is 0. The molecule has 0 aliphatic carbocycles. The van der Waals surface area contributed by atoms with Crippen molar-refractivity contribution in [2.24, 2.45) is 0 Å². The Hall–Kier alpha value is -3.27. The van der Waals surface area contributed by atoms with Crippen molar-refractivity contribution >= 4 is 11.6 Å². The predicted molar refractivity (Wildman–Crippen MR) is 117 cm³/mol. The molecule has 0 unspecified atom stereocenters. The van der Waals surface area contributed by atoms with Crippen molar-refractivity contribution in [3.8, 4) is 11.5 Å². The molecule has 0 aliphatic rings. The molecule has 0 fully saturated rings. The van der Waals surface area contributed by atoms with Gasteiger partial charge in [0.15, 0.2) is 6.10 Å². The second-order valence-corrected chi connectivity index (χ2v) is 7.25. The van der Waals surface area contributed by atoms with E-state index in [0.717, 1.165) is 33.8 Å². The molecule has 29 heavy (non-hydrogen) atoms. The van der Waals surface area contributed by atoms with Crippen LogP contribution in [0.4, 0.5) is 5.69 Å². The van der Waals surface area contributed by atoms with E-state index >= 15 is 0 Å². The predicted octanol–water partition coefficient (Wildman–Crippen LogP) is 5.60. The summed E-state index contributed by atoms with van der Waals surface area (Å²) in [6.45, 7) is 8.33. The molecule has 0 saturated heterocycles. The number of carbonyl (C=O) groups excluding carboxylic acids is 1. The van der Waals surface area contributed by atoms with Crippen molar-refractivity contribution < 1.29 is 14.3 Å². The summed E-state index contributed by atoms with van der Waals surface area (Å²) in [6.07, 6.45) is -0.607. The lowest BCUT2D eigenvalue weighted by atomic mass is 10.1. The third-order valence-corrected chi connectivity index (χ3v) is 4.81. The Bertz CT molecular complexity index is 965. The Morgan fingerprint density at radius 1 is 0.966 bits per heavy atom. The minimum atomic E-state index is -0.607. The molecule has 0 radical (unpaired) electrons. The number of anilines is 1. The maximum atomic E-state index is 12.5. The Kier molecular flexibility index (Phi) is 6.55. The van der Waals surface area contributed by atoms with Crippen molar-refractivity contribution in [1.29, 1.82) is 0 Å². The number of rotatable bonds is 7. The molecular formula is C25H27NO3. The highest BCUT2D eigenvalue weighted by atomic mass is 16.5. The zero-order valence-electron chi connectivity index (χ0n) is 17.4. The van der Waals surface area contributed by atoms with Crippen LogP contribution < -0.4 is 14.8 Å². The number of hydrogen-bond acceptors (Lipinski definition) is 3. The van der Waals surface area contributed by atoms with E-state index in [-0.39, 0.29) is 5.91 Å². The maximum Gasteiger partial charge on any atom is 0.265 e. The zero-order chi connectivity index (χ0) is 20.8. The normalized spacial score (nSPS) is 11.6. The molecular weight excluding hydrogens is 362 g/mol.